The van der Waals surface area contributed by atoms with Gasteiger partial charge < -0.3 is 16.0 Å². The molecule has 2 unspecified atom stereocenters. The zero-order chi connectivity index (χ0) is 12.7. The molecule has 4 N–H and O–H groups in total. The zero-order valence-corrected chi connectivity index (χ0v) is 11.9. The van der Waals surface area contributed by atoms with Crippen LogP contribution in [0.3, 0.4) is 0 Å². The lowest BCUT2D eigenvalue weighted by Crippen LogP contribution is -2.57. The summed E-state index contributed by atoms with van der Waals surface area (Å²) in [6.45, 7) is 11.3. The van der Waals surface area contributed by atoms with Gasteiger partial charge in [-0.2, -0.15) is 0 Å². The molecule has 0 amide bonds. The third-order valence-electron chi connectivity index (χ3n) is 4.05. The van der Waals surface area contributed by atoms with Gasteiger partial charge in [0.25, 0.3) is 0 Å². The van der Waals surface area contributed by atoms with Gasteiger partial charge in [-0.05, 0) is 33.1 Å². The summed E-state index contributed by atoms with van der Waals surface area (Å²) < 4.78 is 0. The Balaban J connectivity index is 2.71. The van der Waals surface area contributed by atoms with Crippen molar-refractivity contribution in [2.75, 3.05) is 46.3 Å². The first-order valence-electron chi connectivity index (χ1n) is 7.18. The van der Waals surface area contributed by atoms with Crippen LogP contribution in [0.5, 0.6) is 0 Å². The van der Waals surface area contributed by atoms with Crippen LogP contribution in [0, 0.1) is 0 Å². The van der Waals surface area contributed by atoms with E-state index in [9.17, 15) is 0 Å². The van der Waals surface area contributed by atoms with E-state index >= 15 is 0 Å². The fourth-order valence-corrected chi connectivity index (χ4v) is 3.02. The largest absolute Gasteiger partial charge is 0.358 e. The van der Waals surface area contributed by atoms with Gasteiger partial charge in [0.1, 0.15) is 0 Å². The first kappa shape index (κ1) is 14.9. The summed E-state index contributed by atoms with van der Waals surface area (Å²) in [6, 6.07) is 1.36. The van der Waals surface area contributed by atoms with Crippen LogP contribution >= 0.6 is 0 Å². The molecule has 2 atom stereocenters. The second-order valence-corrected chi connectivity index (χ2v) is 5.02. The van der Waals surface area contributed by atoms with Gasteiger partial charge >= 0.3 is 0 Å². The lowest BCUT2D eigenvalue weighted by Gasteiger charge is -2.39. The normalized spacial score (nSPS) is 24.9. The SMILES string of the molecule is CCN(CC)C(CC[NH3+])C1CCNCCN1C. The molecule has 0 radical (unpaired) electrons. The fraction of sp³-hybridized carbons (Fsp3) is 1.00. The van der Waals surface area contributed by atoms with Crippen LogP contribution in [0.15, 0.2) is 0 Å². The Bertz CT molecular complexity index is 194. The number of rotatable bonds is 6. The second kappa shape index (κ2) is 8.03. The third kappa shape index (κ3) is 4.21. The van der Waals surface area contributed by atoms with E-state index in [0.717, 1.165) is 32.7 Å². The highest BCUT2D eigenvalue weighted by Gasteiger charge is 2.29. The van der Waals surface area contributed by atoms with Crippen LogP contribution < -0.4 is 11.1 Å². The van der Waals surface area contributed by atoms with Crippen molar-refractivity contribution in [3.05, 3.63) is 0 Å². The Morgan fingerprint density at radius 2 is 2.06 bits per heavy atom. The molecule has 0 aromatic heterocycles. The van der Waals surface area contributed by atoms with Gasteiger partial charge in [0.05, 0.1) is 6.54 Å². The van der Waals surface area contributed by atoms with Crippen molar-refractivity contribution in [3.63, 3.8) is 0 Å². The van der Waals surface area contributed by atoms with E-state index in [0.29, 0.717) is 12.1 Å². The monoisotopic (exact) mass is 243 g/mol. The molecule has 0 bridgehead atoms. The molecule has 1 saturated heterocycles. The van der Waals surface area contributed by atoms with Gasteiger partial charge in [0, 0.05) is 31.6 Å². The Labute approximate surface area is 107 Å². The average molecular weight is 243 g/mol. The molecule has 0 aromatic rings. The third-order valence-corrected chi connectivity index (χ3v) is 4.05. The topological polar surface area (TPSA) is 46.2 Å². The minimum absolute atomic E-state index is 0.674. The highest BCUT2D eigenvalue weighted by atomic mass is 15.2. The van der Waals surface area contributed by atoms with Crippen molar-refractivity contribution >= 4 is 0 Å². The summed E-state index contributed by atoms with van der Waals surface area (Å²) >= 11 is 0. The van der Waals surface area contributed by atoms with E-state index in [1.807, 2.05) is 0 Å². The smallest absolute Gasteiger partial charge is 0.0755 e. The van der Waals surface area contributed by atoms with Crippen molar-refractivity contribution in [1.82, 2.24) is 15.1 Å². The fourth-order valence-electron chi connectivity index (χ4n) is 3.02. The number of likely N-dealkylation sites (N-methyl/N-ethyl adjacent to an activating group) is 2. The van der Waals surface area contributed by atoms with Crippen LogP contribution in [0.25, 0.3) is 0 Å². The minimum Gasteiger partial charge on any atom is -0.358 e. The maximum absolute atomic E-state index is 4.06. The van der Waals surface area contributed by atoms with Crippen molar-refractivity contribution in [3.8, 4) is 0 Å². The van der Waals surface area contributed by atoms with Gasteiger partial charge in [-0.3, -0.25) is 4.90 Å². The van der Waals surface area contributed by atoms with Crippen LogP contribution in [0.1, 0.15) is 26.7 Å². The van der Waals surface area contributed by atoms with Crippen molar-refractivity contribution in [2.24, 2.45) is 0 Å². The number of quaternary nitrogens is 1. The van der Waals surface area contributed by atoms with E-state index in [4.69, 9.17) is 0 Å². The van der Waals surface area contributed by atoms with Crippen LogP contribution in [0.4, 0.5) is 0 Å². The molecule has 1 aliphatic heterocycles. The molecular weight excluding hydrogens is 212 g/mol. The summed E-state index contributed by atoms with van der Waals surface area (Å²) in [5.41, 5.74) is 4.06. The average Bonchev–Trinajstić information content (AvgIpc) is 2.54. The van der Waals surface area contributed by atoms with Gasteiger partial charge in [0.15, 0.2) is 0 Å². The van der Waals surface area contributed by atoms with E-state index in [-0.39, 0.29) is 0 Å². The molecule has 4 nitrogen and oxygen atoms in total. The number of hydrogen-bond acceptors (Lipinski definition) is 3. The van der Waals surface area contributed by atoms with E-state index in [2.05, 4.69) is 41.7 Å². The van der Waals surface area contributed by atoms with Gasteiger partial charge in [0.2, 0.25) is 0 Å². The van der Waals surface area contributed by atoms with Crippen molar-refractivity contribution in [1.29, 1.82) is 0 Å². The Kier molecular flexibility index (Phi) is 7.04. The molecule has 0 saturated carbocycles. The molecule has 1 rings (SSSR count). The first-order valence-corrected chi connectivity index (χ1v) is 7.18. The summed E-state index contributed by atoms with van der Waals surface area (Å²) in [5, 5.41) is 3.50. The standard InChI is InChI=1S/C13H30N4/c1-4-17(5-2)13(6-8-14)12-7-9-15-10-11-16(12)3/h12-13,15H,4-11,14H2,1-3H3/p+1. The summed E-state index contributed by atoms with van der Waals surface area (Å²) in [7, 11) is 2.28. The second-order valence-electron chi connectivity index (χ2n) is 5.02. The van der Waals surface area contributed by atoms with Crippen LogP contribution in [-0.4, -0.2) is 68.2 Å². The van der Waals surface area contributed by atoms with Crippen LogP contribution in [-0.2, 0) is 0 Å². The number of nitrogens with one attached hydrogen (secondary N) is 1. The van der Waals surface area contributed by atoms with E-state index < -0.39 is 0 Å². The highest BCUT2D eigenvalue weighted by Crippen LogP contribution is 2.17. The van der Waals surface area contributed by atoms with E-state index in [1.165, 1.54) is 19.4 Å². The molecule has 1 heterocycles. The highest BCUT2D eigenvalue weighted by molar-refractivity contribution is 4.87. The Hall–Kier alpha value is -0.160. The molecule has 4 heteroatoms. The molecule has 1 fully saturated rings. The molecule has 0 aromatic carbocycles. The summed E-state index contributed by atoms with van der Waals surface area (Å²) in [6.07, 6.45) is 2.48. The Morgan fingerprint density at radius 1 is 1.35 bits per heavy atom. The quantitative estimate of drug-likeness (QED) is 0.669. The van der Waals surface area contributed by atoms with Gasteiger partial charge in [-0.25, -0.2) is 0 Å². The predicted octanol–water partition coefficient (Wildman–Crippen LogP) is -0.377. The maximum Gasteiger partial charge on any atom is 0.0755 e. The molecule has 1 aliphatic rings. The number of nitrogens with zero attached hydrogens (tertiary/aromatic N) is 2. The minimum atomic E-state index is 0.674. The predicted molar refractivity (Wildman–Crippen MR) is 73.0 cm³/mol. The molecule has 0 spiro atoms. The molecule has 17 heavy (non-hydrogen) atoms. The van der Waals surface area contributed by atoms with Crippen molar-refractivity contribution in [2.45, 2.75) is 38.8 Å². The van der Waals surface area contributed by atoms with E-state index in [1.54, 1.807) is 0 Å². The van der Waals surface area contributed by atoms with Gasteiger partial charge in [-0.15, -0.1) is 0 Å². The molecular formula is C13H31N4+. The lowest BCUT2D eigenvalue weighted by atomic mass is 9.98. The maximum atomic E-state index is 4.06. The Morgan fingerprint density at radius 3 is 2.65 bits per heavy atom. The first-order chi connectivity index (χ1) is 8.24. The summed E-state index contributed by atoms with van der Waals surface area (Å²) in [5.74, 6) is 0. The molecule has 102 valence electrons. The molecule has 0 aliphatic carbocycles. The van der Waals surface area contributed by atoms with Crippen molar-refractivity contribution < 1.29 is 5.73 Å². The lowest BCUT2D eigenvalue weighted by molar-refractivity contribution is -0.370. The zero-order valence-electron chi connectivity index (χ0n) is 11.9. The summed E-state index contributed by atoms with van der Waals surface area (Å²) in [4.78, 5) is 5.15. The van der Waals surface area contributed by atoms with Gasteiger partial charge in [-0.1, -0.05) is 13.8 Å². The number of hydrogen-bond donors (Lipinski definition) is 2. The van der Waals surface area contributed by atoms with Crippen LogP contribution in [0.2, 0.25) is 0 Å².